The Morgan fingerprint density at radius 2 is 2.05 bits per heavy atom. The van der Waals surface area contributed by atoms with E-state index in [0.717, 1.165) is 36.9 Å². The Balaban J connectivity index is 2.19. The molecule has 0 fully saturated rings. The molecule has 1 rings (SSSR count). The number of rotatable bonds is 8. The third-order valence-electron chi connectivity index (χ3n) is 2.64. The molecule has 21 heavy (non-hydrogen) atoms. The van der Waals surface area contributed by atoms with E-state index in [1.165, 1.54) is 11.3 Å². The van der Waals surface area contributed by atoms with Gasteiger partial charge in [-0.05, 0) is 30.7 Å². The second-order valence-corrected chi connectivity index (χ2v) is 6.07. The third kappa shape index (κ3) is 7.70. The van der Waals surface area contributed by atoms with Crippen molar-refractivity contribution in [2.75, 3.05) is 26.2 Å². The number of hydrogen-bond donors (Lipinski definition) is 3. The van der Waals surface area contributed by atoms with Crippen molar-refractivity contribution in [1.82, 2.24) is 16.0 Å². The van der Waals surface area contributed by atoms with Crippen LogP contribution in [0.4, 0.5) is 0 Å². The molecule has 1 aromatic rings. The van der Waals surface area contributed by atoms with Crippen LogP contribution in [0.3, 0.4) is 0 Å². The normalized spacial score (nSPS) is 11.5. The average molecular weight is 310 g/mol. The first kappa shape index (κ1) is 17.5. The highest BCUT2D eigenvalue weighted by atomic mass is 32.1. The first-order valence-corrected chi connectivity index (χ1v) is 8.35. The van der Waals surface area contributed by atoms with Crippen molar-refractivity contribution in [3.8, 4) is 0 Å². The molecular weight excluding hydrogens is 284 g/mol. The summed E-state index contributed by atoms with van der Waals surface area (Å²) in [7, 11) is 0. The molecule has 1 aromatic heterocycles. The molecule has 1 heterocycles. The van der Waals surface area contributed by atoms with Crippen molar-refractivity contribution in [1.29, 1.82) is 0 Å². The van der Waals surface area contributed by atoms with Gasteiger partial charge in [-0.2, -0.15) is 0 Å². The Labute approximate surface area is 131 Å². The first-order chi connectivity index (χ1) is 10.1. The number of nitrogens with zero attached hydrogens (tertiary/aromatic N) is 1. The minimum atomic E-state index is 0.00498. The maximum Gasteiger partial charge on any atom is 0.261 e. The molecule has 0 saturated heterocycles. The van der Waals surface area contributed by atoms with Crippen LogP contribution in [0.1, 0.15) is 36.9 Å². The minimum Gasteiger partial charge on any atom is -0.357 e. The van der Waals surface area contributed by atoms with Gasteiger partial charge in [0.1, 0.15) is 0 Å². The number of amides is 1. The highest BCUT2D eigenvalue weighted by Gasteiger charge is 2.04. The molecule has 118 valence electrons. The van der Waals surface area contributed by atoms with Gasteiger partial charge in [-0.1, -0.05) is 19.9 Å². The van der Waals surface area contributed by atoms with E-state index in [0.29, 0.717) is 12.5 Å². The maximum atomic E-state index is 11.7. The summed E-state index contributed by atoms with van der Waals surface area (Å²) < 4.78 is 0. The SMILES string of the molecule is CCNC(=NCC(C)C)NCCCNC(=O)c1cccs1. The summed E-state index contributed by atoms with van der Waals surface area (Å²) in [5.41, 5.74) is 0. The summed E-state index contributed by atoms with van der Waals surface area (Å²) in [5.74, 6) is 1.40. The van der Waals surface area contributed by atoms with Gasteiger partial charge in [0.2, 0.25) is 0 Å². The summed E-state index contributed by atoms with van der Waals surface area (Å²) in [5, 5.41) is 11.3. The van der Waals surface area contributed by atoms with E-state index in [9.17, 15) is 4.79 Å². The van der Waals surface area contributed by atoms with Crippen LogP contribution in [0.15, 0.2) is 22.5 Å². The van der Waals surface area contributed by atoms with Gasteiger partial charge in [-0.15, -0.1) is 11.3 Å². The molecule has 6 heteroatoms. The van der Waals surface area contributed by atoms with Crippen molar-refractivity contribution in [3.63, 3.8) is 0 Å². The number of carbonyl (C=O) groups is 1. The van der Waals surface area contributed by atoms with Crippen molar-refractivity contribution in [3.05, 3.63) is 22.4 Å². The zero-order chi connectivity index (χ0) is 15.5. The van der Waals surface area contributed by atoms with E-state index in [-0.39, 0.29) is 5.91 Å². The van der Waals surface area contributed by atoms with Crippen molar-refractivity contribution in [2.45, 2.75) is 27.2 Å². The average Bonchev–Trinajstić information content (AvgIpc) is 2.98. The first-order valence-electron chi connectivity index (χ1n) is 7.47. The molecule has 0 radical (unpaired) electrons. The van der Waals surface area contributed by atoms with Crippen molar-refractivity contribution < 1.29 is 4.79 Å². The molecular formula is C15H26N4OS. The second-order valence-electron chi connectivity index (χ2n) is 5.13. The largest absolute Gasteiger partial charge is 0.357 e. The number of thiophene rings is 1. The Bertz CT molecular complexity index is 429. The van der Waals surface area contributed by atoms with Crippen LogP contribution >= 0.6 is 11.3 Å². The summed E-state index contributed by atoms with van der Waals surface area (Å²) in [6.07, 6.45) is 0.864. The molecule has 0 saturated carbocycles. The molecule has 0 atom stereocenters. The van der Waals surface area contributed by atoms with E-state index < -0.39 is 0 Å². The van der Waals surface area contributed by atoms with Crippen LogP contribution in [-0.2, 0) is 0 Å². The molecule has 5 nitrogen and oxygen atoms in total. The monoisotopic (exact) mass is 310 g/mol. The molecule has 0 aliphatic rings. The van der Waals surface area contributed by atoms with Crippen LogP contribution in [0.25, 0.3) is 0 Å². The standard InChI is InChI=1S/C15H26N4OS/c1-4-16-15(19-11-12(2)3)18-9-6-8-17-14(20)13-7-5-10-21-13/h5,7,10,12H,4,6,8-9,11H2,1-3H3,(H,17,20)(H2,16,18,19). The molecule has 0 unspecified atom stereocenters. The number of aliphatic imine (C=N–C) groups is 1. The fourth-order valence-electron chi connectivity index (χ4n) is 1.61. The van der Waals surface area contributed by atoms with E-state index in [4.69, 9.17) is 0 Å². The van der Waals surface area contributed by atoms with Crippen LogP contribution in [0, 0.1) is 5.92 Å². The fourth-order valence-corrected chi connectivity index (χ4v) is 2.25. The summed E-state index contributed by atoms with van der Waals surface area (Å²) in [4.78, 5) is 17.0. The van der Waals surface area contributed by atoms with Crippen molar-refractivity contribution in [2.24, 2.45) is 10.9 Å². The fraction of sp³-hybridized carbons (Fsp3) is 0.600. The number of nitrogens with one attached hydrogen (secondary N) is 3. The predicted molar refractivity (Wildman–Crippen MR) is 90.1 cm³/mol. The van der Waals surface area contributed by atoms with Crippen LogP contribution in [0.5, 0.6) is 0 Å². The van der Waals surface area contributed by atoms with E-state index in [1.807, 2.05) is 24.4 Å². The van der Waals surface area contributed by atoms with Gasteiger partial charge in [-0.3, -0.25) is 9.79 Å². The van der Waals surface area contributed by atoms with Crippen molar-refractivity contribution >= 4 is 23.2 Å². The zero-order valence-corrected chi connectivity index (χ0v) is 13.9. The van der Waals surface area contributed by atoms with E-state index in [1.54, 1.807) is 0 Å². The lowest BCUT2D eigenvalue weighted by Gasteiger charge is -2.12. The zero-order valence-electron chi connectivity index (χ0n) is 13.1. The van der Waals surface area contributed by atoms with Gasteiger partial charge >= 0.3 is 0 Å². The lowest BCUT2D eigenvalue weighted by atomic mass is 10.2. The second kappa shape index (κ2) is 10.2. The molecule has 0 spiro atoms. The number of hydrogen-bond acceptors (Lipinski definition) is 3. The minimum absolute atomic E-state index is 0.00498. The number of guanidine groups is 1. The Morgan fingerprint density at radius 3 is 2.67 bits per heavy atom. The van der Waals surface area contributed by atoms with Gasteiger partial charge in [0, 0.05) is 26.2 Å². The topological polar surface area (TPSA) is 65.5 Å². The Hall–Kier alpha value is -1.56. The summed E-state index contributed by atoms with van der Waals surface area (Å²) >= 11 is 1.46. The van der Waals surface area contributed by atoms with Gasteiger partial charge in [0.25, 0.3) is 5.91 Å². The molecule has 0 aliphatic heterocycles. The van der Waals surface area contributed by atoms with Gasteiger partial charge in [-0.25, -0.2) is 0 Å². The van der Waals surface area contributed by atoms with Crippen LogP contribution in [-0.4, -0.2) is 38.0 Å². The quantitative estimate of drug-likeness (QED) is 0.391. The highest BCUT2D eigenvalue weighted by Crippen LogP contribution is 2.07. The summed E-state index contributed by atoms with van der Waals surface area (Å²) in [6, 6.07) is 3.72. The highest BCUT2D eigenvalue weighted by molar-refractivity contribution is 7.12. The lowest BCUT2D eigenvalue weighted by Crippen LogP contribution is -2.39. The molecule has 0 bridgehead atoms. The third-order valence-corrected chi connectivity index (χ3v) is 3.50. The Morgan fingerprint density at radius 1 is 1.29 bits per heavy atom. The van der Waals surface area contributed by atoms with E-state index >= 15 is 0 Å². The Kier molecular flexibility index (Phi) is 8.50. The number of carbonyl (C=O) groups excluding carboxylic acids is 1. The van der Waals surface area contributed by atoms with Gasteiger partial charge in [0.05, 0.1) is 4.88 Å². The van der Waals surface area contributed by atoms with Crippen LogP contribution in [0.2, 0.25) is 0 Å². The molecule has 1 amide bonds. The molecule has 3 N–H and O–H groups in total. The summed E-state index contributed by atoms with van der Waals surface area (Å²) in [6.45, 7) is 9.44. The lowest BCUT2D eigenvalue weighted by molar-refractivity contribution is 0.0957. The smallest absolute Gasteiger partial charge is 0.261 e. The van der Waals surface area contributed by atoms with Gasteiger partial charge in [0.15, 0.2) is 5.96 Å². The van der Waals surface area contributed by atoms with E-state index in [2.05, 4.69) is 34.8 Å². The predicted octanol–water partition coefficient (Wildman–Crippen LogP) is 2.08. The molecule has 0 aliphatic carbocycles. The van der Waals surface area contributed by atoms with Gasteiger partial charge < -0.3 is 16.0 Å². The maximum absolute atomic E-state index is 11.7. The van der Waals surface area contributed by atoms with Crippen LogP contribution < -0.4 is 16.0 Å². The molecule has 0 aromatic carbocycles.